The second-order valence-corrected chi connectivity index (χ2v) is 6.91. The fourth-order valence-corrected chi connectivity index (χ4v) is 3.38. The second kappa shape index (κ2) is 8.05. The van der Waals surface area contributed by atoms with Gasteiger partial charge in [-0.15, -0.1) is 11.3 Å². The minimum Gasteiger partial charge on any atom is -0.459 e. The molecule has 2 N–H and O–H groups in total. The maximum Gasteiger partial charge on any atom is 0.293 e. The molecule has 0 fully saturated rings. The van der Waals surface area contributed by atoms with E-state index >= 15 is 0 Å². The second-order valence-electron chi connectivity index (χ2n) is 6.05. The number of imidazole rings is 1. The van der Waals surface area contributed by atoms with Crippen LogP contribution in [0.25, 0.3) is 5.65 Å². The number of hydrogen-bond donors (Lipinski definition) is 2. The van der Waals surface area contributed by atoms with Crippen molar-refractivity contribution in [3.8, 4) is 0 Å². The van der Waals surface area contributed by atoms with E-state index in [0.717, 1.165) is 11.3 Å². The van der Waals surface area contributed by atoms with Crippen molar-refractivity contribution in [3.05, 3.63) is 71.5 Å². The summed E-state index contributed by atoms with van der Waals surface area (Å²) >= 11 is 1.26. The number of amides is 2. The molecule has 142 valence electrons. The lowest BCUT2D eigenvalue weighted by atomic mass is 10.3. The monoisotopic (exact) mass is 395 g/mol. The Morgan fingerprint density at radius 3 is 2.89 bits per heavy atom. The average Bonchev–Trinajstić information content (AvgIpc) is 3.42. The highest BCUT2D eigenvalue weighted by atomic mass is 32.1. The van der Waals surface area contributed by atoms with Crippen LogP contribution in [-0.2, 0) is 17.6 Å². The molecule has 0 unspecified atom stereocenters. The molecule has 2 amide bonds. The SMILES string of the molecule is O=C(Cc1csc(NC(=O)c2ccco2)n1)NCCc1cn2ccccc2n1. The van der Waals surface area contributed by atoms with Crippen LogP contribution in [0.1, 0.15) is 21.9 Å². The fraction of sp³-hybridized carbons (Fsp3) is 0.158. The smallest absolute Gasteiger partial charge is 0.293 e. The molecule has 8 nitrogen and oxygen atoms in total. The largest absolute Gasteiger partial charge is 0.459 e. The number of nitrogens with one attached hydrogen (secondary N) is 2. The van der Waals surface area contributed by atoms with Crippen molar-refractivity contribution < 1.29 is 14.0 Å². The molecule has 0 saturated carbocycles. The molecule has 0 spiro atoms. The van der Waals surface area contributed by atoms with Crippen molar-refractivity contribution in [2.24, 2.45) is 0 Å². The van der Waals surface area contributed by atoms with Gasteiger partial charge in [0.05, 0.1) is 24.1 Å². The van der Waals surface area contributed by atoms with Crippen LogP contribution in [-0.4, -0.2) is 32.7 Å². The van der Waals surface area contributed by atoms with Crippen LogP contribution in [0.15, 0.2) is 58.8 Å². The number of furan rings is 1. The Balaban J connectivity index is 1.25. The standard InChI is InChI=1S/C19H17N5O3S/c25-17(20-7-6-13-11-24-8-2-1-5-16(24)21-13)10-14-12-28-19(22-14)23-18(26)15-4-3-9-27-15/h1-5,8-9,11-12H,6-7,10H2,(H,20,25)(H,22,23,26). The average molecular weight is 395 g/mol. The van der Waals surface area contributed by atoms with Gasteiger partial charge >= 0.3 is 0 Å². The molecule has 4 aromatic heterocycles. The highest BCUT2D eigenvalue weighted by molar-refractivity contribution is 7.14. The number of rotatable bonds is 7. The number of fused-ring (bicyclic) bond motifs is 1. The molecule has 4 rings (SSSR count). The van der Waals surface area contributed by atoms with E-state index in [1.165, 1.54) is 17.6 Å². The lowest BCUT2D eigenvalue weighted by Crippen LogP contribution is -2.27. The molecule has 9 heteroatoms. The van der Waals surface area contributed by atoms with Gasteiger partial charge in [0.25, 0.3) is 5.91 Å². The van der Waals surface area contributed by atoms with Crippen molar-refractivity contribution in [2.75, 3.05) is 11.9 Å². The first-order valence-corrected chi connectivity index (χ1v) is 9.54. The van der Waals surface area contributed by atoms with E-state index < -0.39 is 0 Å². The van der Waals surface area contributed by atoms with Crippen LogP contribution < -0.4 is 10.6 Å². The number of thiazole rings is 1. The maximum absolute atomic E-state index is 12.1. The van der Waals surface area contributed by atoms with Gasteiger partial charge < -0.3 is 14.1 Å². The Morgan fingerprint density at radius 1 is 1.14 bits per heavy atom. The third-order valence-corrected chi connectivity index (χ3v) is 4.78. The molecule has 4 heterocycles. The molecular weight excluding hydrogens is 378 g/mol. The number of hydrogen-bond acceptors (Lipinski definition) is 6. The first-order chi connectivity index (χ1) is 13.7. The number of anilines is 1. The maximum atomic E-state index is 12.1. The molecule has 0 atom stereocenters. The Hall–Kier alpha value is -3.46. The third kappa shape index (κ3) is 4.26. The van der Waals surface area contributed by atoms with Crippen molar-refractivity contribution in [1.82, 2.24) is 19.7 Å². The fourth-order valence-electron chi connectivity index (χ4n) is 2.68. The summed E-state index contributed by atoms with van der Waals surface area (Å²) in [6.07, 6.45) is 6.12. The van der Waals surface area contributed by atoms with E-state index in [2.05, 4.69) is 20.6 Å². The summed E-state index contributed by atoms with van der Waals surface area (Å²) in [4.78, 5) is 32.8. The summed E-state index contributed by atoms with van der Waals surface area (Å²) in [6.45, 7) is 0.495. The van der Waals surface area contributed by atoms with E-state index in [4.69, 9.17) is 4.42 Å². The van der Waals surface area contributed by atoms with E-state index in [1.54, 1.807) is 17.5 Å². The summed E-state index contributed by atoms with van der Waals surface area (Å²) in [5, 5.41) is 7.69. The number of nitrogens with zero attached hydrogens (tertiary/aromatic N) is 3. The van der Waals surface area contributed by atoms with Crippen LogP contribution >= 0.6 is 11.3 Å². The predicted molar refractivity (Wildman–Crippen MR) is 104 cm³/mol. The van der Waals surface area contributed by atoms with Crippen molar-refractivity contribution in [2.45, 2.75) is 12.8 Å². The molecule has 0 aromatic carbocycles. The molecule has 0 radical (unpaired) electrons. The molecule has 0 bridgehead atoms. The van der Waals surface area contributed by atoms with Crippen molar-refractivity contribution in [1.29, 1.82) is 0 Å². The van der Waals surface area contributed by atoms with Gasteiger partial charge in [-0.25, -0.2) is 9.97 Å². The number of carbonyl (C=O) groups is 2. The summed E-state index contributed by atoms with van der Waals surface area (Å²) in [6, 6.07) is 9.03. The van der Waals surface area contributed by atoms with Gasteiger partial charge in [-0.05, 0) is 24.3 Å². The Kier molecular flexibility index (Phi) is 5.16. The summed E-state index contributed by atoms with van der Waals surface area (Å²) in [5.41, 5.74) is 2.41. The highest BCUT2D eigenvalue weighted by Gasteiger charge is 2.13. The Bertz CT molecular complexity index is 1070. The zero-order valence-electron chi connectivity index (χ0n) is 14.8. The zero-order valence-corrected chi connectivity index (χ0v) is 15.6. The minimum atomic E-state index is -0.372. The molecular formula is C19H17N5O3S. The molecule has 0 saturated heterocycles. The minimum absolute atomic E-state index is 0.127. The van der Waals surface area contributed by atoms with Gasteiger partial charge in [0, 0.05) is 30.7 Å². The molecule has 0 aliphatic carbocycles. The van der Waals surface area contributed by atoms with Gasteiger partial charge in [-0.2, -0.15) is 0 Å². The lowest BCUT2D eigenvalue weighted by Gasteiger charge is -2.02. The van der Waals surface area contributed by atoms with Crippen LogP contribution in [0.5, 0.6) is 0 Å². The van der Waals surface area contributed by atoms with Gasteiger partial charge in [-0.3, -0.25) is 14.9 Å². The molecule has 0 aliphatic rings. The van der Waals surface area contributed by atoms with Crippen LogP contribution in [0.2, 0.25) is 0 Å². The van der Waals surface area contributed by atoms with Crippen molar-refractivity contribution in [3.63, 3.8) is 0 Å². The van der Waals surface area contributed by atoms with E-state index in [1.807, 2.05) is 35.0 Å². The number of carbonyl (C=O) groups excluding carboxylic acids is 2. The Morgan fingerprint density at radius 2 is 2.07 bits per heavy atom. The first kappa shape index (κ1) is 17.9. The molecule has 28 heavy (non-hydrogen) atoms. The van der Waals surface area contributed by atoms with E-state index in [-0.39, 0.29) is 24.0 Å². The topological polar surface area (TPSA) is 102 Å². The summed E-state index contributed by atoms with van der Waals surface area (Å²) in [7, 11) is 0. The molecule has 0 aliphatic heterocycles. The molecule has 4 aromatic rings. The van der Waals surface area contributed by atoms with Gasteiger partial charge in [0.1, 0.15) is 5.65 Å². The summed E-state index contributed by atoms with van der Waals surface area (Å²) in [5.74, 6) is -0.290. The van der Waals surface area contributed by atoms with Crippen LogP contribution in [0.3, 0.4) is 0 Å². The third-order valence-electron chi connectivity index (χ3n) is 3.98. The normalized spacial score (nSPS) is 10.9. The summed E-state index contributed by atoms with van der Waals surface area (Å²) < 4.78 is 6.98. The van der Waals surface area contributed by atoms with Gasteiger partial charge in [0.2, 0.25) is 5.91 Å². The number of aromatic nitrogens is 3. The quantitative estimate of drug-likeness (QED) is 0.501. The van der Waals surface area contributed by atoms with E-state index in [0.29, 0.717) is 23.8 Å². The van der Waals surface area contributed by atoms with Crippen molar-refractivity contribution >= 4 is 33.9 Å². The van der Waals surface area contributed by atoms with Gasteiger partial charge in [-0.1, -0.05) is 6.07 Å². The van der Waals surface area contributed by atoms with Crippen LogP contribution in [0.4, 0.5) is 5.13 Å². The highest BCUT2D eigenvalue weighted by Crippen LogP contribution is 2.17. The predicted octanol–water partition coefficient (Wildman–Crippen LogP) is 2.54. The first-order valence-electron chi connectivity index (χ1n) is 8.66. The van der Waals surface area contributed by atoms with Crippen LogP contribution in [0, 0.1) is 0 Å². The lowest BCUT2D eigenvalue weighted by molar-refractivity contribution is -0.120. The zero-order chi connectivity index (χ0) is 19.3. The Labute approximate surface area is 164 Å². The van der Waals surface area contributed by atoms with E-state index in [9.17, 15) is 9.59 Å². The number of pyridine rings is 1. The van der Waals surface area contributed by atoms with Gasteiger partial charge in [0.15, 0.2) is 10.9 Å².